The number of thiocarbonyl (C=S) groups is 1. The number of benzene rings is 1. The van der Waals surface area contributed by atoms with Crippen molar-refractivity contribution in [2.75, 3.05) is 31.0 Å². The van der Waals surface area contributed by atoms with Crippen molar-refractivity contribution in [3.8, 4) is 11.5 Å². The van der Waals surface area contributed by atoms with Gasteiger partial charge in [-0.15, -0.1) is 0 Å². The van der Waals surface area contributed by atoms with Crippen molar-refractivity contribution < 1.29 is 14.3 Å². The number of amides is 1. The number of carbonyl (C=O) groups is 1. The van der Waals surface area contributed by atoms with Gasteiger partial charge in [0.15, 0.2) is 11.5 Å². The first-order valence-corrected chi connectivity index (χ1v) is 11.3. The minimum atomic E-state index is -0.115. The molecule has 0 unspecified atom stereocenters. The van der Waals surface area contributed by atoms with E-state index in [-0.39, 0.29) is 24.0 Å². The average Bonchev–Trinajstić information content (AvgIpc) is 3.20. The van der Waals surface area contributed by atoms with Crippen molar-refractivity contribution in [1.29, 1.82) is 0 Å². The molecule has 9 heteroatoms. The fourth-order valence-electron chi connectivity index (χ4n) is 4.44. The Bertz CT molecular complexity index is 1070. The lowest BCUT2D eigenvalue weighted by Crippen LogP contribution is -2.48. The second-order valence-corrected chi connectivity index (χ2v) is 9.38. The van der Waals surface area contributed by atoms with Gasteiger partial charge in [-0.2, -0.15) is 0 Å². The van der Waals surface area contributed by atoms with Crippen LogP contribution in [0.3, 0.4) is 0 Å². The summed E-state index contributed by atoms with van der Waals surface area (Å²) in [5, 5.41) is 2.88. The normalized spacial score (nSPS) is 21.1. The van der Waals surface area contributed by atoms with E-state index in [1.165, 1.54) is 11.8 Å². The fraction of sp³-hybridized carbons (Fsp3) is 0.381. The zero-order valence-electron chi connectivity index (χ0n) is 16.2. The molecule has 3 aliphatic heterocycles. The number of thioether (sulfide) groups is 1. The maximum atomic E-state index is 12.4. The average molecular weight is 444 g/mol. The van der Waals surface area contributed by atoms with Gasteiger partial charge >= 0.3 is 0 Å². The Morgan fingerprint density at radius 2 is 2.03 bits per heavy atom. The van der Waals surface area contributed by atoms with Gasteiger partial charge in [0.1, 0.15) is 4.32 Å². The van der Waals surface area contributed by atoms with Crippen LogP contribution in [0.5, 0.6) is 11.5 Å². The van der Waals surface area contributed by atoms with E-state index >= 15 is 0 Å². The number of likely N-dealkylation sites (tertiary alicyclic amines) is 1. The number of fused-ring (bicyclic) bond motifs is 5. The van der Waals surface area contributed by atoms with E-state index in [4.69, 9.17) is 21.7 Å². The molecule has 1 fully saturated rings. The van der Waals surface area contributed by atoms with E-state index in [1.54, 1.807) is 24.3 Å². The largest absolute Gasteiger partial charge is 0.454 e. The molecule has 1 amide bonds. The number of nitrogens with zero attached hydrogens (tertiary/aromatic N) is 2. The minimum absolute atomic E-state index is 0.0767. The zero-order valence-corrected chi connectivity index (χ0v) is 17.8. The van der Waals surface area contributed by atoms with E-state index in [0.29, 0.717) is 29.0 Å². The molecule has 7 nitrogen and oxygen atoms in total. The summed E-state index contributed by atoms with van der Waals surface area (Å²) in [4.78, 5) is 26.7. The number of piperidine rings is 1. The fourth-order valence-corrected chi connectivity index (χ4v) is 5.42. The van der Waals surface area contributed by atoms with Crippen LogP contribution in [0.15, 0.2) is 41.2 Å². The summed E-state index contributed by atoms with van der Waals surface area (Å²) in [5.74, 6) is 2.15. The first-order valence-electron chi connectivity index (χ1n) is 9.88. The van der Waals surface area contributed by atoms with Crippen LogP contribution in [0.1, 0.15) is 18.0 Å². The van der Waals surface area contributed by atoms with Gasteiger partial charge in [-0.05, 0) is 30.5 Å². The predicted molar refractivity (Wildman–Crippen MR) is 119 cm³/mol. The molecule has 1 aromatic carbocycles. The second kappa shape index (κ2) is 7.96. The summed E-state index contributed by atoms with van der Waals surface area (Å²) < 4.78 is 13.3. The molecule has 1 aromatic heterocycles. The topological polar surface area (TPSA) is 72.8 Å². The van der Waals surface area contributed by atoms with Crippen LogP contribution in [0.2, 0.25) is 0 Å². The number of hydrogen-bond acceptors (Lipinski definition) is 6. The number of pyridine rings is 1. The summed E-state index contributed by atoms with van der Waals surface area (Å²) >= 11 is 7.01. The van der Waals surface area contributed by atoms with Crippen LogP contribution in [-0.2, 0) is 11.3 Å². The Kier molecular flexibility index (Phi) is 5.16. The quantitative estimate of drug-likeness (QED) is 0.731. The molecule has 2 bridgehead atoms. The van der Waals surface area contributed by atoms with Crippen molar-refractivity contribution in [3.63, 3.8) is 0 Å². The maximum Gasteiger partial charge on any atom is 0.250 e. The molecule has 0 spiro atoms. The van der Waals surface area contributed by atoms with Gasteiger partial charge < -0.3 is 24.3 Å². The van der Waals surface area contributed by atoms with E-state index in [2.05, 4.69) is 10.2 Å². The molecular weight excluding hydrogens is 422 g/mol. The molecular formula is C21H21N3O4S2. The highest BCUT2D eigenvalue weighted by Crippen LogP contribution is 2.36. The highest BCUT2D eigenvalue weighted by Gasteiger charge is 2.35. The summed E-state index contributed by atoms with van der Waals surface area (Å²) in [6.07, 6.45) is 1.08. The smallest absolute Gasteiger partial charge is 0.250 e. The van der Waals surface area contributed by atoms with Gasteiger partial charge in [-0.1, -0.05) is 30.0 Å². The van der Waals surface area contributed by atoms with Gasteiger partial charge in [-0.25, -0.2) is 0 Å². The third kappa shape index (κ3) is 3.79. The summed E-state index contributed by atoms with van der Waals surface area (Å²) in [6.45, 7) is 2.55. The molecule has 0 radical (unpaired) electrons. The van der Waals surface area contributed by atoms with Gasteiger partial charge in [0.2, 0.25) is 12.7 Å². The first kappa shape index (κ1) is 19.4. The molecule has 2 atom stereocenters. The monoisotopic (exact) mass is 443 g/mol. The highest BCUT2D eigenvalue weighted by atomic mass is 32.2. The van der Waals surface area contributed by atoms with Gasteiger partial charge in [-0.3, -0.25) is 9.59 Å². The van der Waals surface area contributed by atoms with Crippen LogP contribution in [0.4, 0.5) is 5.69 Å². The van der Waals surface area contributed by atoms with Crippen LogP contribution in [-0.4, -0.2) is 45.3 Å². The lowest BCUT2D eigenvalue weighted by molar-refractivity contribution is -0.113. The molecule has 1 N–H and O–H groups in total. The number of carbonyl (C=O) groups excluding carboxylic acids is 1. The van der Waals surface area contributed by atoms with E-state index in [0.717, 1.165) is 36.1 Å². The molecule has 0 aliphatic carbocycles. The van der Waals surface area contributed by atoms with E-state index in [1.807, 2.05) is 16.7 Å². The maximum absolute atomic E-state index is 12.4. The number of nitrogens with one attached hydrogen (secondary N) is 1. The molecule has 1 saturated heterocycles. The second-order valence-electron chi connectivity index (χ2n) is 7.77. The number of rotatable bonds is 3. The Morgan fingerprint density at radius 3 is 2.93 bits per heavy atom. The summed E-state index contributed by atoms with van der Waals surface area (Å²) in [5.41, 5.74) is 1.84. The van der Waals surface area contributed by atoms with Gasteiger partial charge in [0.05, 0.1) is 5.75 Å². The standard InChI is InChI=1S/C21H21N3O4S2/c25-19(22-15-4-5-17-18(7-15)28-12-27-17)11-30-21(29)23-8-13-6-14(10-23)16-2-1-3-20(26)24(16)9-13/h1-5,7,13-14H,6,8-12H2,(H,22,25)/t13-,14-/m0/s1. The van der Waals surface area contributed by atoms with Crippen LogP contribution >= 0.6 is 24.0 Å². The molecule has 4 heterocycles. The molecule has 30 heavy (non-hydrogen) atoms. The number of ether oxygens (including phenoxy) is 2. The minimum Gasteiger partial charge on any atom is -0.454 e. The Labute approximate surface area is 183 Å². The predicted octanol–water partition coefficient (Wildman–Crippen LogP) is 2.65. The third-order valence-electron chi connectivity index (χ3n) is 5.72. The highest BCUT2D eigenvalue weighted by molar-refractivity contribution is 8.23. The van der Waals surface area contributed by atoms with Crippen LogP contribution in [0, 0.1) is 5.92 Å². The lowest BCUT2D eigenvalue weighted by atomic mass is 9.83. The van der Waals surface area contributed by atoms with Gasteiger partial charge in [0.25, 0.3) is 5.56 Å². The molecule has 0 saturated carbocycles. The first-order chi connectivity index (χ1) is 14.6. The van der Waals surface area contributed by atoms with Gasteiger partial charge in [0, 0.05) is 49.1 Å². The molecule has 156 valence electrons. The van der Waals surface area contributed by atoms with Crippen LogP contribution < -0.4 is 20.3 Å². The van der Waals surface area contributed by atoms with Crippen molar-refractivity contribution in [2.45, 2.75) is 18.9 Å². The molecule has 3 aliphatic rings. The summed E-state index contributed by atoms with van der Waals surface area (Å²) in [7, 11) is 0. The van der Waals surface area contributed by atoms with Crippen molar-refractivity contribution >= 4 is 39.9 Å². The number of aromatic nitrogens is 1. The summed E-state index contributed by atoms with van der Waals surface area (Å²) in [6, 6.07) is 10.8. The molecule has 2 aromatic rings. The van der Waals surface area contributed by atoms with Crippen LogP contribution in [0.25, 0.3) is 0 Å². The Balaban J connectivity index is 1.17. The third-order valence-corrected chi connectivity index (χ3v) is 7.24. The number of hydrogen-bond donors (Lipinski definition) is 1. The van der Waals surface area contributed by atoms with Crippen molar-refractivity contribution in [1.82, 2.24) is 9.47 Å². The SMILES string of the molecule is O=C(CSC(=S)N1C[C@@H]2C[C@@H](C1)c1cccc(=O)n1C2)Nc1ccc2c(c1)OCO2. The van der Waals surface area contributed by atoms with Crippen molar-refractivity contribution in [2.24, 2.45) is 5.92 Å². The van der Waals surface area contributed by atoms with E-state index < -0.39 is 0 Å². The zero-order chi connectivity index (χ0) is 20.7. The molecule has 5 rings (SSSR count). The van der Waals surface area contributed by atoms with Crippen molar-refractivity contribution in [3.05, 3.63) is 52.4 Å². The Morgan fingerprint density at radius 1 is 1.17 bits per heavy atom. The number of anilines is 1. The Hall–Kier alpha value is -2.52. The van der Waals surface area contributed by atoms with E-state index in [9.17, 15) is 9.59 Å². The lowest BCUT2D eigenvalue weighted by Gasteiger charge is -2.43.